The maximum absolute atomic E-state index is 11.8. The summed E-state index contributed by atoms with van der Waals surface area (Å²) in [7, 11) is 1.84. The zero-order valence-electron chi connectivity index (χ0n) is 8.84. The predicted octanol–water partition coefficient (Wildman–Crippen LogP) is 1.25. The number of nitrogen functional groups attached to an aromatic ring is 1. The molecule has 16 heavy (non-hydrogen) atoms. The number of carbonyl (C=O) groups excluding carboxylic acids is 1. The average molecular weight is 216 g/mol. The van der Waals surface area contributed by atoms with Crippen LogP contribution in [0.4, 0.5) is 11.5 Å². The summed E-state index contributed by atoms with van der Waals surface area (Å²) in [6.07, 6.45) is 3.35. The summed E-state index contributed by atoms with van der Waals surface area (Å²) in [4.78, 5) is 15.8. The maximum Gasteiger partial charge on any atom is 0.256 e. The van der Waals surface area contributed by atoms with Crippen LogP contribution in [0.2, 0.25) is 0 Å². The molecular weight excluding hydrogens is 204 g/mol. The third-order valence-corrected chi connectivity index (χ3v) is 2.10. The first-order valence-corrected chi connectivity index (χ1v) is 4.80. The first kappa shape index (κ1) is 10.2. The van der Waals surface area contributed by atoms with Gasteiger partial charge in [-0.15, -0.1) is 0 Å². The monoisotopic (exact) mass is 216 g/mol. The van der Waals surface area contributed by atoms with Crippen molar-refractivity contribution >= 4 is 17.4 Å². The van der Waals surface area contributed by atoms with Gasteiger partial charge in [0.25, 0.3) is 5.91 Å². The lowest BCUT2D eigenvalue weighted by Crippen LogP contribution is -2.12. The SMILES string of the molecule is Cn1cnc(NC(=O)c2cccc(N)c2)c1. The van der Waals surface area contributed by atoms with Gasteiger partial charge in [0, 0.05) is 24.5 Å². The number of amides is 1. The molecule has 0 atom stereocenters. The number of imidazole rings is 1. The molecule has 0 unspecified atom stereocenters. The van der Waals surface area contributed by atoms with E-state index in [9.17, 15) is 4.79 Å². The fourth-order valence-electron chi connectivity index (χ4n) is 1.35. The van der Waals surface area contributed by atoms with E-state index in [0.717, 1.165) is 0 Å². The lowest BCUT2D eigenvalue weighted by molar-refractivity contribution is 0.102. The number of anilines is 2. The van der Waals surface area contributed by atoms with E-state index in [1.165, 1.54) is 0 Å². The quantitative estimate of drug-likeness (QED) is 0.742. The molecule has 0 spiro atoms. The third-order valence-electron chi connectivity index (χ3n) is 2.10. The molecule has 1 heterocycles. The Morgan fingerprint density at radius 1 is 1.50 bits per heavy atom. The summed E-state index contributed by atoms with van der Waals surface area (Å²) < 4.78 is 1.76. The van der Waals surface area contributed by atoms with Crippen molar-refractivity contribution in [3.8, 4) is 0 Å². The zero-order valence-corrected chi connectivity index (χ0v) is 8.84. The van der Waals surface area contributed by atoms with E-state index < -0.39 is 0 Å². The Labute approximate surface area is 92.9 Å². The summed E-state index contributed by atoms with van der Waals surface area (Å²) in [6, 6.07) is 6.80. The van der Waals surface area contributed by atoms with Crippen LogP contribution in [0.15, 0.2) is 36.8 Å². The highest BCUT2D eigenvalue weighted by Crippen LogP contribution is 2.09. The Kier molecular flexibility index (Phi) is 2.59. The number of aromatic nitrogens is 2. The Bertz CT molecular complexity index is 518. The number of rotatable bonds is 2. The van der Waals surface area contributed by atoms with E-state index in [0.29, 0.717) is 17.1 Å². The van der Waals surface area contributed by atoms with Crippen molar-refractivity contribution < 1.29 is 4.79 Å². The van der Waals surface area contributed by atoms with E-state index in [1.807, 2.05) is 7.05 Å². The molecule has 0 saturated heterocycles. The van der Waals surface area contributed by atoms with Gasteiger partial charge in [0.1, 0.15) is 0 Å². The van der Waals surface area contributed by atoms with Crippen LogP contribution in [-0.4, -0.2) is 15.5 Å². The van der Waals surface area contributed by atoms with Crippen molar-refractivity contribution in [1.29, 1.82) is 0 Å². The molecule has 1 aromatic heterocycles. The Hall–Kier alpha value is -2.30. The molecule has 0 aliphatic heterocycles. The molecule has 2 rings (SSSR count). The van der Waals surface area contributed by atoms with Gasteiger partial charge in [0.05, 0.1) is 6.33 Å². The lowest BCUT2D eigenvalue weighted by Gasteiger charge is -2.02. The smallest absolute Gasteiger partial charge is 0.256 e. The zero-order chi connectivity index (χ0) is 11.5. The molecule has 0 radical (unpaired) electrons. The topological polar surface area (TPSA) is 72.9 Å². The number of carbonyl (C=O) groups is 1. The van der Waals surface area contributed by atoms with Crippen molar-refractivity contribution in [2.75, 3.05) is 11.1 Å². The van der Waals surface area contributed by atoms with Gasteiger partial charge in [-0.25, -0.2) is 4.98 Å². The molecule has 0 bridgehead atoms. The molecule has 1 amide bonds. The molecular formula is C11H12N4O. The van der Waals surface area contributed by atoms with Crippen molar-refractivity contribution in [2.24, 2.45) is 7.05 Å². The highest BCUT2D eigenvalue weighted by Gasteiger charge is 2.07. The average Bonchev–Trinajstić information content (AvgIpc) is 2.64. The summed E-state index contributed by atoms with van der Waals surface area (Å²) >= 11 is 0. The van der Waals surface area contributed by atoms with E-state index in [1.54, 1.807) is 41.4 Å². The van der Waals surface area contributed by atoms with Gasteiger partial charge in [-0.3, -0.25) is 4.79 Å². The number of aryl methyl sites for hydroxylation is 1. The first-order valence-electron chi connectivity index (χ1n) is 4.80. The number of nitrogens with one attached hydrogen (secondary N) is 1. The van der Waals surface area contributed by atoms with Gasteiger partial charge in [0.15, 0.2) is 5.82 Å². The normalized spacial score (nSPS) is 10.1. The van der Waals surface area contributed by atoms with E-state index in [4.69, 9.17) is 5.73 Å². The van der Waals surface area contributed by atoms with Crippen LogP contribution < -0.4 is 11.1 Å². The molecule has 0 fully saturated rings. The van der Waals surface area contributed by atoms with Crippen LogP contribution in [0.3, 0.4) is 0 Å². The summed E-state index contributed by atoms with van der Waals surface area (Å²) in [5.74, 6) is 0.306. The van der Waals surface area contributed by atoms with Crippen LogP contribution in [0, 0.1) is 0 Å². The number of nitrogens with two attached hydrogens (primary N) is 1. The number of hydrogen-bond donors (Lipinski definition) is 2. The minimum absolute atomic E-state index is 0.217. The second-order valence-electron chi connectivity index (χ2n) is 3.50. The van der Waals surface area contributed by atoms with Gasteiger partial charge >= 0.3 is 0 Å². The molecule has 3 N–H and O–H groups in total. The second-order valence-corrected chi connectivity index (χ2v) is 3.50. The van der Waals surface area contributed by atoms with Gasteiger partial charge in [-0.1, -0.05) is 6.07 Å². The molecule has 82 valence electrons. The predicted molar refractivity (Wildman–Crippen MR) is 62.0 cm³/mol. The highest BCUT2D eigenvalue weighted by atomic mass is 16.1. The van der Waals surface area contributed by atoms with Gasteiger partial charge in [0.2, 0.25) is 0 Å². The number of benzene rings is 1. The molecule has 0 aliphatic rings. The standard InChI is InChI=1S/C11H12N4O/c1-15-6-10(13-7-15)14-11(16)8-3-2-4-9(12)5-8/h2-7H,12H2,1H3,(H,14,16). The fourth-order valence-corrected chi connectivity index (χ4v) is 1.35. The molecule has 0 saturated carbocycles. The van der Waals surface area contributed by atoms with Crippen LogP contribution in [0.5, 0.6) is 0 Å². The summed E-state index contributed by atoms with van der Waals surface area (Å²) in [5.41, 5.74) is 6.68. The van der Waals surface area contributed by atoms with Gasteiger partial charge < -0.3 is 15.6 Å². The van der Waals surface area contributed by atoms with Crippen LogP contribution in [-0.2, 0) is 7.05 Å². The van der Waals surface area contributed by atoms with Crippen molar-refractivity contribution in [2.45, 2.75) is 0 Å². The van der Waals surface area contributed by atoms with Crippen LogP contribution in [0.1, 0.15) is 10.4 Å². The van der Waals surface area contributed by atoms with Crippen molar-refractivity contribution in [3.63, 3.8) is 0 Å². The molecule has 5 nitrogen and oxygen atoms in total. The number of hydrogen-bond acceptors (Lipinski definition) is 3. The molecule has 1 aromatic carbocycles. The fraction of sp³-hybridized carbons (Fsp3) is 0.0909. The Balaban J connectivity index is 2.14. The summed E-state index contributed by atoms with van der Waals surface area (Å²) in [6.45, 7) is 0. The highest BCUT2D eigenvalue weighted by molar-refractivity contribution is 6.04. The maximum atomic E-state index is 11.8. The van der Waals surface area contributed by atoms with Crippen LogP contribution in [0.25, 0.3) is 0 Å². The first-order chi connectivity index (χ1) is 7.65. The van der Waals surface area contributed by atoms with Crippen LogP contribution >= 0.6 is 0 Å². The number of nitrogens with zero attached hydrogens (tertiary/aromatic N) is 2. The van der Waals surface area contributed by atoms with Crippen molar-refractivity contribution in [3.05, 3.63) is 42.4 Å². The largest absolute Gasteiger partial charge is 0.399 e. The molecule has 5 heteroatoms. The molecule has 0 aliphatic carbocycles. The van der Waals surface area contributed by atoms with E-state index >= 15 is 0 Å². The second kappa shape index (κ2) is 4.06. The van der Waals surface area contributed by atoms with E-state index in [2.05, 4.69) is 10.3 Å². The summed E-state index contributed by atoms with van der Waals surface area (Å²) in [5, 5.41) is 2.68. The Morgan fingerprint density at radius 3 is 2.94 bits per heavy atom. The van der Waals surface area contributed by atoms with Crippen molar-refractivity contribution in [1.82, 2.24) is 9.55 Å². The van der Waals surface area contributed by atoms with E-state index in [-0.39, 0.29) is 5.91 Å². The minimum atomic E-state index is -0.217. The molecule has 2 aromatic rings. The minimum Gasteiger partial charge on any atom is -0.399 e. The lowest BCUT2D eigenvalue weighted by atomic mass is 10.2. The van der Waals surface area contributed by atoms with Gasteiger partial charge in [-0.05, 0) is 18.2 Å². The Morgan fingerprint density at radius 2 is 2.31 bits per heavy atom. The van der Waals surface area contributed by atoms with Gasteiger partial charge in [-0.2, -0.15) is 0 Å². The third kappa shape index (κ3) is 2.20.